The van der Waals surface area contributed by atoms with E-state index in [0.29, 0.717) is 25.6 Å². The summed E-state index contributed by atoms with van der Waals surface area (Å²) in [6.07, 6.45) is 7.59. The van der Waals surface area contributed by atoms with E-state index in [2.05, 4.69) is 39.6 Å². The Hall–Kier alpha value is -2.58. The molecule has 166 valence electrons. The average Bonchev–Trinajstić information content (AvgIpc) is 3.26. The molecule has 0 saturated heterocycles. The van der Waals surface area contributed by atoms with Crippen molar-refractivity contribution in [2.45, 2.75) is 71.0 Å². The zero-order chi connectivity index (χ0) is 21.6. The fourth-order valence-electron chi connectivity index (χ4n) is 4.65. The van der Waals surface area contributed by atoms with Gasteiger partial charge in [-0.15, -0.1) is 5.10 Å². The average molecular weight is 426 g/mol. The van der Waals surface area contributed by atoms with Crippen molar-refractivity contribution in [3.8, 4) is 0 Å². The van der Waals surface area contributed by atoms with Gasteiger partial charge in [-0.1, -0.05) is 32.3 Å². The van der Waals surface area contributed by atoms with Gasteiger partial charge in [0, 0.05) is 18.5 Å². The van der Waals surface area contributed by atoms with Gasteiger partial charge in [0.2, 0.25) is 5.82 Å². The molecular formula is C23H33N6O2+. The third-order valence-corrected chi connectivity index (χ3v) is 6.41. The maximum absolute atomic E-state index is 12.7. The lowest BCUT2D eigenvalue weighted by atomic mass is 9.95. The van der Waals surface area contributed by atoms with Gasteiger partial charge in [0.25, 0.3) is 5.56 Å². The van der Waals surface area contributed by atoms with Gasteiger partial charge in [-0.3, -0.25) is 4.79 Å². The molecule has 0 bridgehead atoms. The number of rotatable bonds is 9. The second-order valence-electron chi connectivity index (χ2n) is 8.66. The molecule has 3 N–H and O–H groups in total. The topological polar surface area (TPSA) is 101 Å². The molecule has 4 rings (SSSR count). The summed E-state index contributed by atoms with van der Waals surface area (Å²) in [5.41, 5.74) is 2.82. The lowest BCUT2D eigenvalue weighted by Crippen LogP contribution is -3.09. The zero-order valence-corrected chi connectivity index (χ0v) is 18.3. The van der Waals surface area contributed by atoms with E-state index < -0.39 is 0 Å². The number of pyridine rings is 1. The first-order chi connectivity index (χ1) is 15.2. The summed E-state index contributed by atoms with van der Waals surface area (Å²) in [6, 6.07) is 8.56. The minimum absolute atomic E-state index is 0.0508. The van der Waals surface area contributed by atoms with Crippen LogP contribution in [0, 0.1) is 0 Å². The number of quaternary nitrogens is 1. The molecule has 2 heterocycles. The molecule has 1 aromatic carbocycles. The Labute approximate surface area is 182 Å². The highest BCUT2D eigenvalue weighted by molar-refractivity contribution is 5.79. The predicted molar refractivity (Wildman–Crippen MR) is 119 cm³/mol. The minimum atomic E-state index is -0.0508. The van der Waals surface area contributed by atoms with Gasteiger partial charge in [-0.2, -0.15) is 0 Å². The van der Waals surface area contributed by atoms with Gasteiger partial charge in [0.15, 0.2) is 0 Å². The summed E-state index contributed by atoms with van der Waals surface area (Å²) in [5, 5.41) is 23.0. The number of benzene rings is 1. The molecule has 0 radical (unpaired) electrons. The van der Waals surface area contributed by atoms with E-state index in [1.807, 2.05) is 16.8 Å². The van der Waals surface area contributed by atoms with Crippen LogP contribution in [0.3, 0.4) is 0 Å². The van der Waals surface area contributed by atoms with E-state index in [-0.39, 0.29) is 12.2 Å². The fourth-order valence-corrected chi connectivity index (χ4v) is 4.65. The number of nitrogens with one attached hydrogen (secondary N) is 2. The van der Waals surface area contributed by atoms with Crippen molar-refractivity contribution in [2.24, 2.45) is 0 Å². The molecule has 8 heteroatoms. The van der Waals surface area contributed by atoms with Crippen molar-refractivity contribution in [1.29, 1.82) is 0 Å². The number of tetrazole rings is 1. The highest BCUT2D eigenvalue weighted by Gasteiger charge is 2.23. The minimum Gasteiger partial charge on any atom is -0.396 e. The number of fused-ring (bicyclic) bond motifs is 1. The summed E-state index contributed by atoms with van der Waals surface area (Å²) in [5.74, 6) is 0.866. The van der Waals surface area contributed by atoms with Crippen molar-refractivity contribution < 1.29 is 10.0 Å². The number of aromatic amines is 1. The van der Waals surface area contributed by atoms with Gasteiger partial charge in [0.05, 0.1) is 18.2 Å². The molecular weight excluding hydrogens is 392 g/mol. The first-order valence-corrected chi connectivity index (χ1v) is 11.5. The molecule has 31 heavy (non-hydrogen) atoms. The molecule has 1 atom stereocenters. The lowest BCUT2D eigenvalue weighted by Gasteiger charge is -2.24. The fraction of sp³-hybridized carbons (Fsp3) is 0.565. The number of aliphatic hydroxyl groups excluding tert-OH is 1. The first-order valence-electron chi connectivity index (χ1n) is 11.5. The molecule has 8 nitrogen and oxygen atoms in total. The number of nitrogens with zero attached hydrogens (tertiary/aromatic N) is 4. The SMILES string of the molecule is CCc1ccc2[nH]c(=O)c(C[NH+](CCCO)Cc3nnnn3C3CCCCC3)cc2c1. The van der Waals surface area contributed by atoms with Gasteiger partial charge < -0.3 is 15.0 Å². The van der Waals surface area contributed by atoms with E-state index in [4.69, 9.17) is 0 Å². The Bertz CT molecular complexity index is 1050. The third kappa shape index (κ3) is 5.19. The lowest BCUT2D eigenvalue weighted by molar-refractivity contribution is -0.928. The predicted octanol–water partition coefficient (Wildman–Crippen LogP) is 1.55. The molecule has 0 spiro atoms. The van der Waals surface area contributed by atoms with Crippen molar-refractivity contribution in [3.63, 3.8) is 0 Å². The van der Waals surface area contributed by atoms with E-state index in [9.17, 15) is 9.90 Å². The van der Waals surface area contributed by atoms with E-state index >= 15 is 0 Å². The molecule has 1 aliphatic rings. The van der Waals surface area contributed by atoms with Crippen LogP contribution in [0.1, 0.15) is 68.4 Å². The van der Waals surface area contributed by atoms with Crippen molar-refractivity contribution in [1.82, 2.24) is 25.2 Å². The van der Waals surface area contributed by atoms with Crippen LogP contribution in [0.2, 0.25) is 0 Å². The van der Waals surface area contributed by atoms with E-state index in [0.717, 1.165) is 48.1 Å². The quantitative estimate of drug-likeness (QED) is 0.483. The maximum Gasteiger partial charge on any atom is 0.257 e. The van der Waals surface area contributed by atoms with Crippen LogP contribution in [0.4, 0.5) is 0 Å². The van der Waals surface area contributed by atoms with Gasteiger partial charge in [0.1, 0.15) is 13.1 Å². The second-order valence-corrected chi connectivity index (χ2v) is 8.66. The van der Waals surface area contributed by atoms with Gasteiger partial charge in [-0.05, 0) is 58.8 Å². The number of aryl methyl sites for hydroxylation is 1. The molecule has 1 fully saturated rings. The summed E-state index contributed by atoms with van der Waals surface area (Å²) in [6.45, 7) is 4.21. The van der Waals surface area contributed by atoms with Gasteiger partial charge in [-0.25, -0.2) is 4.68 Å². The van der Waals surface area contributed by atoms with E-state index in [1.54, 1.807) is 0 Å². The molecule has 0 amide bonds. The van der Waals surface area contributed by atoms with Crippen molar-refractivity contribution in [2.75, 3.05) is 13.2 Å². The van der Waals surface area contributed by atoms with Crippen LogP contribution in [-0.4, -0.2) is 43.4 Å². The molecule has 3 aromatic rings. The van der Waals surface area contributed by atoms with Crippen LogP contribution in [0.5, 0.6) is 0 Å². The second kappa shape index (κ2) is 10.2. The smallest absolute Gasteiger partial charge is 0.257 e. The van der Waals surface area contributed by atoms with Crippen LogP contribution >= 0.6 is 0 Å². The maximum atomic E-state index is 12.7. The monoisotopic (exact) mass is 425 g/mol. The Kier molecular flexibility index (Phi) is 7.09. The number of hydrogen-bond acceptors (Lipinski definition) is 5. The molecule has 1 unspecified atom stereocenters. The number of aromatic nitrogens is 5. The van der Waals surface area contributed by atoms with Crippen LogP contribution in [0.25, 0.3) is 10.9 Å². The molecule has 0 aliphatic heterocycles. The summed E-state index contributed by atoms with van der Waals surface area (Å²) < 4.78 is 2.00. The third-order valence-electron chi connectivity index (χ3n) is 6.41. The highest BCUT2D eigenvalue weighted by Crippen LogP contribution is 2.27. The summed E-state index contributed by atoms with van der Waals surface area (Å²) in [4.78, 5) is 17.0. The normalized spacial score (nSPS) is 16.1. The van der Waals surface area contributed by atoms with Crippen LogP contribution < -0.4 is 10.5 Å². The van der Waals surface area contributed by atoms with Crippen LogP contribution in [0.15, 0.2) is 29.1 Å². The standard InChI is InChI=1S/C23H32N6O2/c1-2-17-9-10-21-18(13-17)14-19(23(31)24-21)15-28(11-6-12-30)16-22-25-26-27-29(22)20-7-4-3-5-8-20/h9-10,13-14,20,30H,2-8,11-12,15-16H2,1H3,(H,24,31)/p+1. The Balaban J connectivity index is 1.57. The number of aliphatic hydroxyl groups is 1. The Morgan fingerprint density at radius 1 is 1.19 bits per heavy atom. The van der Waals surface area contributed by atoms with Crippen LogP contribution in [-0.2, 0) is 19.5 Å². The summed E-state index contributed by atoms with van der Waals surface area (Å²) >= 11 is 0. The van der Waals surface area contributed by atoms with Crippen molar-refractivity contribution in [3.05, 3.63) is 51.6 Å². The molecule has 1 aliphatic carbocycles. The van der Waals surface area contributed by atoms with E-state index in [1.165, 1.54) is 29.7 Å². The Morgan fingerprint density at radius 2 is 2.03 bits per heavy atom. The highest BCUT2D eigenvalue weighted by atomic mass is 16.3. The first kappa shape index (κ1) is 21.6. The number of hydrogen-bond donors (Lipinski definition) is 3. The Morgan fingerprint density at radius 3 is 2.81 bits per heavy atom. The summed E-state index contributed by atoms with van der Waals surface area (Å²) in [7, 11) is 0. The molecule has 2 aromatic heterocycles. The largest absolute Gasteiger partial charge is 0.396 e. The molecule has 1 saturated carbocycles. The zero-order valence-electron chi connectivity index (χ0n) is 18.3. The number of H-pyrrole nitrogens is 1. The van der Waals surface area contributed by atoms with Gasteiger partial charge >= 0.3 is 0 Å². The van der Waals surface area contributed by atoms with Crippen molar-refractivity contribution >= 4 is 10.9 Å².